The van der Waals surface area contributed by atoms with Crippen molar-refractivity contribution in [2.24, 2.45) is 0 Å². The van der Waals surface area contributed by atoms with E-state index < -0.39 is 24.3 Å². The molecule has 1 aromatic heterocycles. The molecule has 0 aliphatic heterocycles. The maximum Gasteiger partial charge on any atom is 1.00 e. The number of aliphatic hydroxyl groups is 1. The van der Waals surface area contributed by atoms with Crippen molar-refractivity contribution in [2.75, 3.05) is 0 Å². The Morgan fingerprint density at radius 2 is 2.12 bits per heavy atom. The van der Waals surface area contributed by atoms with Crippen LogP contribution in [0.15, 0.2) is 18.3 Å². The van der Waals surface area contributed by atoms with Gasteiger partial charge >= 0.3 is 51.4 Å². The molecule has 1 rings (SSSR count). The molecule has 0 saturated carbocycles. The quantitative estimate of drug-likeness (QED) is 0.450. The van der Waals surface area contributed by atoms with Gasteiger partial charge < -0.3 is 15.0 Å². The predicted octanol–water partition coefficient (Wildman–Crippen LogP) is -3.58. The fourth-order valence-corrected chi connectivity index (χ4v) is 1.02. The van der Waals surface area contributed by atoms with Crippen molar-refractivity contribution in [3.63, 3.8) is 0 Å². The molecule has 1 aromatic rings. The molecule has 0 amide bonds. The first kappa shape index (κ1) is 16.2. The zero-order valence-electron chi connectivity index (χ0n) is 8.51. The number of aliphatic hydroxyl groups excluding tert-OH is 1. The van der Waals surface area contributed by atoms with Crippen LogP contribution >= 0.6 is 11.6 Å². The Kier molecular flexibility index (Phi) is 7.57. The molecule has 0 aliphatic carbocycles. The minimum Gasteiger partial charge on any atom is -0.547 e. The van der Waals surface area contributed by atoms with Crippen LogP contribution in [0.4, 0.5) is 0 Å². The number of rotatable bonds is 4. The van der Waals surface area contributed by atoms with Gasteiger partial charge in [-0.1, -0.05) is 11.6 Å². The maximum atomic E-state index is 11.3. The maximum absolute atomic E-state index is 11.3. The third kappa shape index (κ3) is 5.00. The summed E-state index contributed by atoms with van der Waals surface area (Å²) in [7, 11) is 0. The SMILES string of the molecule is O=C(CC(O)C(=O)[O-])c1ccc(Cl)cn1.[K+]. The summed E-state index contributed by atoms with van der Waals surface area (Å²) in [6.45, 7) is 0. The van der Waals surface area contributed by atoms with E-state index in [1.807, 2.05) is 0 Å². The number of hydrogen-bond donors (Lipinski definition) is 1. The largest absolute Gasteiger partial charge is 1.00 e. The van der Waals surface area contributed by atoms with Gasteiger partial charge in [-0.25, -0.2) is 0 Å². The summed E-state index contributed by atoms with van der Waals surface area (Å²) in [5, 5.41) is 19.4. The summed E-state index contributed by atoms with van der Waals surface area (Å²) in [4.78, 5) is 25.2. The van der Waals surface area contributed by atoms with Crippen LogP contribution in [0.2, 0.25) is 5.02 Å². The number of nitrogens with zero attached hydrogens (tertiary/aromatic N) is 1. The summed E-state index contributed by atoms with van der Waals surface area (Å²) in [6.07, 6.45) is -1.10. The predicted molar refractivity (Wildman–Crippen MR) is 49.2 cm³/mol. The minimum absolute atomic E-state index is 0. The smallest absolute Gasteiger partial charge is 0.547 e. The molecule has 0 spiro atoms. The Morgan fingerprint density at radius 1 is 1.50 bits per heavy atom. The van der Waals surface area contributed by atoms with Gasteiger partial charge in [-0.2, -0.15) is 0 Å². The van der Waals surface area contributed by atoms with E-state index in [1.54, 1.807) is 0 Å². The molecule has 1 unspecified atom stereocenters. The van der Waals surface area contributed by atoms with E-state index in [0.29, 0.717) is 5.02 Å². The summed E-state index contributed by atoms with van der Waals surface area (Å²) >= 11 is 5.55. The van der Waals surface area contributed by atoms with E-state index in [0.717, 1.165) is 0 Å². The van der Waals surface area contributed by atoms with Crippen LogP contribution in [0.25, 0.3) is 0 Å². The van der Waals surface area contributed by atoms with Crippen molar-refractivity contribution in [2.45, 2.75) is 12.5 Å². The number of Topliss-reactive ketones (excluding diaryl/α,β-unsaturated/α-hetero) is 1. The molecule has 0 saturated heterocycles. The minimum atomic E-state index is -1.81. The van der Waals surface area contributed by atoms with Gasteiger partial charge in [0.1, 0.15) is 11.8 Å². The molecule has 1 N–H and O–H groups in total. The van der Waals surface area contributed by atoms with Gasteiger partial charge in [0.25, 0.3) is 0 Å². The van der Waals surface area contributed by atoms with Gasteiger partial charge in [-0.3, -0.25) is 9.78 Å². The van der Waals surface area contributed by atoms with Crippen LogP contribution in [0, 0.1) is 0 Å². The van der Waals surface area contributed by atoms with Crippen LogP contribution in [-0.4, -0.2) is 27.9 Å². The van der Waals surface area contributed by atoms with E-state index in [-0.39, 0.29) is 57.1 Å². The molecule has 1 heterocycles. The van der Waals surface area contributed by atoms with Gasteiger partial charge in [0.05, 0.1) is 11.0 Å². The number of ketones is 1. The molecule has 5 nitrogen and oxygen atoms in total. The molecule has 1 atom stereocenters. The summed E-state index contributed by atoms with van der Waals surface area (Å²) in [5.74, 6) is -2.26. The number of aromatic nitrogens is 1. The average Bonchev–Trinajstić information content (AvgIpc) is 2.18. The summed E-state index contributed by atoms with van der Waals surface area (Å²) in [6, 6.07) is 2.81. The molecule has 0 bridgehead atoms. The third-order valence-electron chi connectivity index (χ3n) is 1.66. The Morgan fingerprint density at radius 3 is 2.56 bits per heavy atom. The van der Waals surface area contributed by atoms with Gasteiger partial charge in [0.15, 0.2) is 5.78 Å². The summed E-state index contributed by atoms with van der Waals surface area (Å²) in [5.41, 5.74) is 0.0553. The summed E-state index contributed by atoms with van der Waals surface area (Å²) < 4.78 is 0. The van der Waals surface area contributed by atoms with Crippen molar-refractivity contribution < 1.29 is 71.2 Å². The fourth-order valence-electron chi connectivity index (χ4n) is 0.904. The van der Waals surface area contributed by atoms with Crippen LogP contribution < -0.4 is 56.5 Å². The van der Waals surface area contributed by atoms with Crippen LogP contribution in [0.1, 0.15) is 16.9 Å². The molecule has 0 aromatic carbocycles. The Balaban J connectivity index is 0.00000225. The van der Waals surface area contributed by atoms with Crippen LogP contribution in [-0.2, 0) is 4.79 Å². The number of carbonyl (C=O) groups is 2. The third-order valence-corrected chi connectivity index (χ3v) is 1.89. The second-order valence-electron chi connectivity index (χ2n) is 2.82. The van der Waals surface area contributed by atoms with E-state index in [1.165, 1.54) is 18.3 Å². The second-order valence-corrected chi connectivity index (χ2v) is 3.26. The van der Waals surface area contributed by atoms with Crippen LogP contribution in [0.3, 0.4) is 0 Å². The van der Waals surface area contributed by atoms with E-state index in [4.69, 9.17) is 16.7 Å². The number of carboxylic acid groups (broad SMARTS) is 1. The molecule has 0 fully saturated rings. The normalized spacial score (nSPS) is 11.4. The molecule has 80 valence electrons. The molecular formula is C9H7ClKNO4. The second kappa shape index (κ2) is 7.49. The average molecular weight is 268 g/mol. The zero-order chi connectivity index (χ0) is 11.4. The topological polar surface area (TPSA) is 90.3 Å². The van der Waals surface area contributed by atoms with Gasteiger partial charge in [0.2, 0.25) is 0 Å². The Bertz CT molecular complexity index is 382. The van der Waals surface area contributed by atoms with Gasteiger partial charge in [0, 0.05) is 12.6 Å². The van der Waals surface area contributed by atoms with Crippen LogP contribution in [0.5, 0.6) is 0 Å². The first-order valence-electron chi connectivity index (χ1n) is 4.04. The van der Waals surface area contributed by atoms with E-state index in [2.05, 4.69) is 4.98 Å². The number of aliphatic carboxylic acids is 1. The van der Waals surface area contributed by atoms with Crippen molar-refractivity contribution in [3.8, 4) is 0 Å². The first-order valence-corrected chi connectivity index (χ1v) is 4.42. The van der Waals surface area contributed by atoms with Crippen molar-refractivity contribution in [1.82, 2.24) is 4.98 Å². The standard InChI is InChI=1S/C9H8ClNO4.K/c10-5-1-2-6(11-4-5)7(12)3-8(13)9(14)15;/h1-2,4,8,13H,3H2,(H,14,15);/q;+1/p-1. The van der Waals surface area contributed by atoms with Crippen molar-refractivity contribution in [3.05, 3.63) is 29.0 Å². The van der Waals surface area contributed by atoms with E-state index in [9.17, 15) is 14.7 Å². The van der Waals surface area contributed by atoms with E-state index >= 15 is 0 Å². The molecule has 0 aliphatic rings. The Hall–Kier alpha value is 0.176. The zero-order valence-corrected chi connectivity index (χ0v) is 12.4. The molecular weight excluding hydrogens is 261 g/mol. The Labute approximate surface area is 139 Å². The van der Waals surface area contributed by atoms with Crippen molar-refractivity contribution in [1.29, 1.82) is 0 Å². The fraction of sp³-hybridized carbons (Fsp3) is 0.222. The van der Waals surface area contributed by atoms with Crippen molar-refractivity contribution >= 4 is 23.4 Å². The number of pyridine rings is 1. The molecule has 7 heteroatoms. The number of carboxylic acids is 1. The monoisotopic (exact) mass is 267 g/mol. The first-order chi connectivity index (χ1) is 7.00. The molecule has 16 heavy (non-hydrogen) atoms. The molecule has 0 radical (unpaired) electrons. The number of carbonyl (C=O) groups excluding carboxylic acids is 2. The number of halogens is 1. The number of hydrogen-bond acceptors (Lipinski definition) is 5. The van der Waals surface area contributed by atoms with Gasteiger partial charge in [-0.15, -0.1) is 0 Å². The van der Waals surface area contributed by atoms with Gasteiger partial charge in [-0.05, 0) is 12.1 Å².